The number of hydrogen-bond donors (Lipinski definition) is 1. The molecule has 1 N–H and O–H groups in total. The number of fused-ring (bicyclic) bond motifs is 1. The Hall–Kier alpha value is -3.22. The average molecular weight is 437 g/mol. The number of amides is 1. The monoisotopic (exact) mass is 436 g/mol. The van der Waals surface area contributed by atoms with E-state index in [1.807, 2.05) is 30.3 Å². The highest BCUT2D eigenvalue weighted by Gasteiger charge is 2.22. The summed E-state index contributed by atoms with van der Waals surface area (Å²) < 4.78 is 5.81. The minimum Gasteiger partial charge on any atom is -0.458 e. The number of pyridine rings is 1. The van der Waals surface area contributed by atoms with E-state index in [2.05, 4.69) is 10.3 Å². The summed E-state index contributed by atoms with van der Waals surface area (Å²) in [6, 6.07) is 11.2. The third-order valence-electron chi connectivity index (χ3n) is 4.44. The summed E-state index contributed by atoms with van der Waals surface area (Å²) in [7, 11) is 0. The quantitative estimate of drug-likeness (QED) is 0.437. The van der Waals surface area contributed by atoms with Crippen molar-refractivity contribution in [3.05, 3.63) is 87.9 Å². The minimum absolute atomic E-state index is 0.0420. The lowest BCUT2D eigenvalue weighted by Gasteiger charge is -2.05. The average Bonchev–Trinajstić information content (AvgIpc) is 3.39. The molecule has 1 amide bonds. The molecule has 3 aromatic rings. The maximum absolute atomic E-state index is 12.0. The zero-order valence-corrected chi connectivity index (χ0v) is 17.6. The van der Waals surface area contributed by atoms with E-state index in [9.17, 15) is 9.59 Å². The van der Waals surface area contributed by atoms with Gasteiger partial charge in [-0.05, 0) is 54.5 Å². The van der Waals surface area contributed by atoms with Crippen LogP contribution < -0.4 is 10.1 Å². The Morgan fingerprint density at radius 1 is 1.27 bits per heavy atom. The maximum Gasteiger partial charge on any atom is 0.248 e. The van der Waals surface area contributed by atoms with Gasteiger partial charge in [-0.25, -0.2) is 0 Å². The molecular formula is C23H17ClN2O3S. The Morgan fingerprint density at radius 3 is 2.87 bits per heavy atom. The van der Waals surface area contributed by atoms with Gasteiger partial charge in [0.15, 0.2) is 5.78 Å². The molecule has 0 radical (unpaired) electrons. The molecule has 1 aromatic carbocycles. The number of thiophene rings is 1. The van der Waals surface area contributed by atoms with Crippen molar-refractivity contribution in [3.63, 3.8) is 0 Å². The molecule has 0 bridgehead atoms. The predicted octanol–water partition coefficient (Wildman–Crippen LogP) is 5.27. The van der Waals surface area contributed by atoms with Gasteiger partial charge in [-0.3, -0.25) is 14.6 Å². The SMILES string of the molecule is CC(=O)c1ccc(-c2cc(Cl)c3c(c2)CC(=CNC(=O)C=Cc2cccnc2)O3)s1. The van der Waals surface area contributed by atoms with Crippen LogP contribution in [0.5, 0.6) is 5.75 Å². The highest BCUT2D eigenvalue weighted by atomic mass is 35.5. The van der Waals surface area contributed by atoms with Crippen LogP contribution in [0, 0.1) is 0 Å². The van der Waals surface area contributed by atoms with Gasteiger partial charge in [-0.2, -0.15) is 0 Å². The molecule has 3 heterocycles. The molecule has 5 nitrogen and oxygen atoms in total. The highest BCUT2D eigenvalue weighted by molar-refractivity contribution is 7.17. The predicted molar refractivity (Wildman–Crippen MR) is 119 cm³/mol. The number of Topliss-reactive ketones (excluding diaryl/α,β-unsaturated/α-hetero) is 1. The Bertz CT molecular complexity index is 1180. The number of benzene rings is 1. The van der Waals surface area contributed by atoms with Gasteiger partial charge in [0.1, 0.15) is 11.5 Å². The lowest BCUT2D eigenvalue weighted by molar-refractivity contribution is -0.115. The Labute approximate surface area is 182 Å². The number of hydrogen-bond acceptors (Lipinski definition) is 5. The second kappa shape index (κ2) is 8.65. The zero-order valence-electron chi connectivity index (χ0n) is 16.0. The van der Waals surface area contributed by atoms with Crippen LogP contribution in [0.4, 0.5) is 0 Å². The lowest BCUT2D eigenvalue weighted by atomic mass is 10.1. The molecular weight excluding hydrogens is 420 g/mol. The van der Waals surface area contributed by atoms with E-state index >= 15 is 0 Å². The molecule has 0 saturated carbocycles. The maximum atomic E-state index is 12.0. The normalized spacial score (nSPS) is 14.0. The van der Waals surface area contributed by atoms with Crippen LogP contribution in [0.25, 0.3) is 16.5 Å². The van der Waals surface area contributed by atoms with E-state index in [4.69, 9.17) is 16.3 Å². The first-order valence-corrected chi connectivity index (χ1v) is 10.4. The number of allylic oxidation sites excluding steroid dienone is 1. The van der Waals surface area contributed by atoms with Crippen molar-refractivity contribution < 1.29 is 14.3 Å². The number of nitrogens with zero attached hydrogens (tertiary/aromatic N) is 1. The first-order chi connectivity index (χ1) is 14.5. The topological polar surface area (TPSA) is 68.3 Å². The fourth-order valence-corrected chi connectivity index (χ4v) is 4.17. The molecule has 0 spiro atoms. The molecule has 0 unspecified atom stereocenters. The number of nitrogens with one attached hydrogen (secondary N) is 1. The third kappa shape index (κ3) is 4.50. The van der Waals surface area contributed by atoms with Crippen LogP contribution in [0.15, 0.2) is 66.8 Å². The van der Waals surface area contributed by atoms with Gasteiger partial charge in [0.25, 0.3) is 0 Å². The number of ether oxygens (including phenoxy) is 1. The number of carbonyl (C=O) groups excluding carboxylic acids is 2. The van der Waals surface area contributed by atoms with E-state index in [1.54, 1.807) is 37.7 Å². The molecule has 4 rings (SSSR count). The summed E-state index contributed by atoms with van der Waals surface area (Å²) in [4.78, 5) is 29.3. The smallest absolute Gasteiger partial charge is 0.248 e. The van der Waals surface area contributed by atoms with Gasteiger partial charge in [0, 0.05) is 41.5 Å². The summed E-state index contributed by atoms with van der Waals surface area (Å²) in [5, 5.41) is 3.19. The van der Waals surface area contributed by atoms with Crippen LogP contribution in [0.3, 0.4) is 0 Å². The van der Waals surface area contributed by atoms with Crippen LogP contribution in [-0.4, -0.2) is 16.7 Å². The Kier molecular flexibility index (Phi) is 5.79. The van der Waals surface area contributed by atoms with E-state index in [0.29, 0.717) is 27.8 Å². The van der Waals surface area contributed by atoms with Gasteiger partial charge >= 0.3 is 0 Å². The van der Waals surface area contributed by atoms with E-state index in [0.717, 1.165) is 21.6 Å². The largest absolute Gasteiger partial charge is 0.458 e. The van der Waals surface area contributed by atoms with Crippen LogP contribution in [-0.2, 0) is 11.2 Å². The fourth-order valence-electron chi connectivity index (χ4n) is 3.00. The van der Waals surface area contributed by atoms with E-state index < -0.39 is 0 Å². The molecule has 0 atom stereocenters. The second-order valence-corrected chi connectivity index (χ2v) is 8.18. The number of carbonyl (C=O) groups is 2. The van der Waals surface area contributed by atoms with Crippen LogP contribution >= 0.6 is 22.9 Å². The minimum atomic E-state index is -0.270. The van der Waals surface area contributed by atoms with Crippen molar-refractivity contribution in [3.8, 4) is 16.2 Å². The first-order valence-electron chi connectivity index (χ1n) is 9.18. The van der Waals surface area contributed by atoms with Crippen molar-refractivity contribution >= 4 is 40.7 Å². The van der Waals surface area contributed by atoms with E-state index in [-0.39, 0.29) is 11.7 Å². The Balaban J connectivity index is 1.46. The van der Waals surface area contributed by atoms with Gasteiger partial charge in [0.05, 0.1) is 9.90 Å². The third-order valence-corrected chi connectivity index (χ3v) is 5.96. The highest BCUT2D eigenvalue weighted by Crippen LogP contribution is 2.41. The van der Waals surface area contributed by atoms with Gasteiger partial charge in [0.2, 0.25) is 5.91 Å². The molecule has 2 aromatic heterocycles. The van der Waals surface area contributed by atoms with Crippen molar-refractivity contribution in [2.45, 2.75) is 13.3 Å². The van der Waals surface area contributed by atoms with Gasteiger partial charge in [-0.1, -0.05) is 17.7 Å². The molecule has 30 heavy (non-hydrogen) atoms. The van der Waals surface area contributed by atoms with Crippen molar-refractivity contribution in [2.24, 2.45) is 0 Å². The van der Waals surface area contributed by atoms with Crippen molar-refractivity contribution in [1.82, 2.24) is 10.3 Å². The molecule has 0 fully saturated rings. The van der Waals surface area contributed by atoms with Crippen molar-refractivity contribution in [2.75, 3.05) is 0 Å². The van der Waals surface area contributed by atoms with Gasteiger partial charge < -0.3 is 10.1 Å². The first kappa shape index (κ1) is 20.1. The summed E-state index contributed by atoms with van der Waals surface area (Å²) in [6.07, 6.45) is 8.53. The van der Waals surface area contributed by atoms with Crippen LogP contribution in [0.1, 0.15) is 27.7 Å². The summed E-state index contributed by atoms with van der Waals surface area (Å²) in [6.45, 7) is 1.55. The zero-order chi connectivity index (χ0) is 21.1. The lowest BCUT2D eigenvalue weighted by Crippen LogP contribution is -2.15. The fraction of sp³-hybridized carbons (Fsp3) is 0.0870. The summed E-state index contributed by atoms with van der Waals surface area (Å²) >= 11 is 7.85. The number of rotatable bonds is 5. The van der Waals surface area contributed by atoms with Crippen molar-refractivity contribution in [1.29, 1.82) is 0 Å². The second-order valence-electron chi connectivity index (χ2n) is 6.68. The Morgan fingerprint density at radius 2 is 2.13 bits per heavy atom. The molecule has 0 saturated heterocycles. The summed E-state index contributed by atoms with van der Waals surface area (Å²) in [5.74, 6) is 0.964. The number of halogens is 1. The molecule has 7 heteroatoms. The number of aromatic nitrogens is 1. The van der Waals surface area contributed by atoms with Gasteiger partial charge in [-0.15, -0.1) is 11.3 Å². The molecule has 1 aliphatic rings. The molecule has 1 aliphatic heterocycles. The van der Waals surface area contributed by atoms with Crippen LogP contribution in [0.2, 0.25) is 5.02 Å². The molecule has 150 valence electrons. The molecule has 0 aliphatic carbocycles. The number of ketones is 1. The van der Waals surface area contributed by atoms with E-state index in [1.165, 1.54) is 17.4 Å². The standard InChI is InChI=1S/C23H17ClN2O3S/c1-14(27)20-5-6-21(30-20)16-9-17-10-18(29-23(17)19(24)11-16)13-26-22(28)7-4-15-3-2-8-25-12-15/h2-9,11-13H,10H2,1H3,(H,26,28). The summed E-state index contributed by atoms with van der Waals surface area (Å²) in [5.41, 5.74) is 2.71.